The van der Waals surface area contributed by atoms with Crippen LogP contribution in [0.3, 0.4) is 0 Å². The molecular formula is C14H16N4O2S. The first kappa shape index (κ1) is 14.1. The second kappa shape index (κ2) is 5.87. The number of benzene rings is 1. The topological polar surface area (TPSA) is 94.0 Å². The Balaban J connectivity index is 1.79. The van der Waals surface area contributed by atoms with E-state index in [-0.39, 0.29) is 5.69 Å². The largest absolute Gasteiger partial charge is 0.476 e. The minimum atomic E-state index is -1.05. The molecule has 3 rings (SSSR count). The Morgan fingerprint density at radius 1 is 1.48 bits per heavy atom. The van der Waals surface area contributed by atoms with Crippen molar-refractivity contribution in [2.24, 2.45) is 5.73 Å². The maximum Gasteiger partial charge on any atom is 0.358 e. The SMILES string of the molecule is NCCc1c(C(=O)O)nnn1CC1Cc2ccccc2S1. The van der Waals surface area contributed by atoms with E-state index in [1.54, 1.807) is 4.68 Å². The first-order valence-electron chi connectivity index (χ1n) is 6.79. The van der Waals surface area contributed by atoms with Gasteiger partial charge in [0.25, 0.3) is 0 Å². The summed E-state index contributed by atoms with van der Waals surface area (Å²) in [5, 5.41) is 17.3. The first-order chi connectivity index (χ1) is 10.2. The molecule has 1 aromatic carbocycles. The number of aromatic carboxylic acids is 1. The number of nitrogens with zero attached hydrogens (tertiary/aromatic N) is 3. The lowest BCUT2D eigenvalue weighted by Crippen LogP contribution is -2.18. The number of aromatic nitrogens is 3. The fourth-order valence-electron chi connectivity index (χ4n) is 2.58. The van der Waals surface area contributed by atoms with Crippen LogP contribution in [0.25, 0.3) is 0 Å². The van der Waals surface area contributed by atoms with E-state index in [1.807, 2.05) is 23.9 Å². The summed E-state index contributed by atoms with van der Waals surface area (Å²) in [6.07, 6.45) is 1.43. The van der Waals surface area contributed by atoms with E-state index in [9.17, 15) is 4.79 Å². The monoisotopic (exact) mass is 304 g/mol. The molecule has 2 aromatic rings. The summed E-state index contributed by atoms with van der Waals surface area (Å²) in [7, 11) is 0. The third-order valence-corrected chi connectivity index (χ3v) is 4.81. The van der Waals surface area contributed by atoms with Crippen LogP contribution in [0.1, 0.15) is 21.7 Å². The first-order valence-corrected chi connectivity index (χ1v) is 7.67. The maximum absolute atomic E-state index is 11.2. The highest BCUT2D eigenvalue weighted by Crippen LogP contribution is 2.37. The fourth-order valence-corrected chi connectivity index (χ4v) is 3.88. The minimum absolute atomic E-state index is 0.0148. The predicted octanol–water partition coefficient (Wildman–Crippen LogP) is 1.19. The predicted molar refractivity (Wildman–Crippen MR) is 79.5 cm³/mol. The molecule has 1 unspecified atom stereocenters. The van der Waals surface area contributed by atoms with Gasteiger partial charge in [-0.05, 0) is 24.6 Å². The Kier molecular flexibility index (Phi) is 3.94. The third kappa shape index (κ3) is 2.79. The fraction of sp³-hybridized carbons (Fsp3) is 0.357. The Bertz CT molecular complexity index is 646. The molecule has 1 aromatic heterocycles. The van der Waals surface area contributed by atoms with Crippen LogP contribution >= 0.6 is 11.8 Å². The van der Waals surface area contributed by atoms with Crippen molar-refractivity contribution in [2.75, 3.05) is 6.54 Å². The zero-order valence-corrected chi connectivity index (χ0v) is 12.2. The van der Waals surface area contributed by atoms with Crippen molar-refractivity contribution < 1.29 is 9.90 Å². The minimum Gasteiger partial charge on any atom is -0.476 e. The van der Waals surface area contributed by atoms with Gasteiger partial charge in [0.05, 0.1) is 12.2 Å². The van der Waals surface area contributed by atoms with Gasteiger partial charge in [0.1, 0.15) is 0 Å². The van der Waals surface area contributed by atoms with Crippen molar-refractivity contribution in [1.82, 2.24) is 15.0 Å². The summed E-state index contributed by atoms with van der Waals surface area (Å²) in [6, 6.07) is 8.32. The van der Waals surface area contributed by atoms with Crippen LogP contribution in [0, 0.1) is 0 Å². The van der Waals surface area contributed by atoms with Crippen LogP contribution in [-0.2, 0) is 19.4 Å². The molecule has 1 atom stereocenters. The van der Waals surface area contributed by atoms with Crippen molar-refractivity contribution in [2.45, 2.75) is 29.5 Å². The molecule has 0 saturated carbocycles. The average Bonchev–Trinajstić information content (AvgIpc) is 3.03. The number of fused-ring (bicyclic) bond motifs is 1. The molecule has 1 aliphatic rings. The Labute approximate surface area is 126 Å². The van der Waals surface area contributed by atoms with Crippen LogP contribution in [0.15, 0.2) is 29.2 Å². The summed E-state index contributed by atoms with van der Waals surface area (Å²) in [4.78, 5) is 12.5. The van der Waals surface area contributed by atoms with Gasteiger partial charge in [0.15, 0.2) is 5.69 Å². The molecule has 0 bridgehead atoms. The molecule has 0 fully saturated rings. The van der Waals surface area contributed by atoms with Crippen molar-refractivity contribution in [3.8, 4) is 0 Å². The molecule has 1 aliphatic heterocycles. The number of carbonyl (C=O) groups is 1. The van der Waals surface area contributed by atoms with Gasteiger partial charge < -0.3 is 10.8 Å². The molecule has 2 heterocycles. The van der Waals surface area contributed by atoms with Gasteiger partial charge in [-0.15, -0.1) is 16.9 Å². The Morgan fingerprint density at radius 3 is 3.00 bits per heavy atom. The van der Waals surface area contributed by atoms with Gasteiger partial charge in [0.2, 0.25) is 0 Å². The lowest BCUT2D eigenvalue weighted by Gasteiger charge is -2.11. The van der Waals surface area contributed by atoms with Crippen molar-refractivity contribution in [1.29, 1.82) is 0 Å². The van der Waals surface area contributed by atoms with Crippen LogP contribution < -0.4 is 5.73 Å². The van der Waals surface area contributed by atoms with Crippen molar-refractivity contribution in [3.63, 3.8) is 0 Å². The molecule has 6 nitrogen and oxygen atoms in total. The highest BCUT2D eigenvalue weighted by molar-refractivity contribution is 8.00. The summed E-state index contributed by atoms with van der Waals surface area (Å²) >= 11 is 1.81. The number of thioether (sulfide) groups is 1. The standard InChI is InChI=1S/C14H16N4O2S/c15-6-5-11-13(14(19)20)16-17-18(11)8-10-7-9-3-1-2-4-12(9)21-10/h1-4,10H,5-8,15H2,(H,19,20). The lowest BCUT2D eigenvalue weighted by molar-refractivity contribution is 0.0689. The third-order valence-electron chi connectivity index (χ3n) is 3.51. The summed E-state index contributed by atoms with van der Waals surface area (Å²) in [5.41, 5.74) is 7.53. The number of hydrogen-bond donors (Lipinski definition) is 2. The molecule has 0 radical (unpaired) electrons. The highest BCUT2D eigenvalue weighted by Gasteiger charge is 2.25. The van der Waals surface area contributed by atoms with Gasteiger partial charge in [-0.25, -0.2) is 9.48 Å². The van der Waals surface area contributed by atoms with Crippen LogP contribution in [0.5, 0.6) is 0 Å². The van der Waals surface area contributed by atoms with E-state index in [2.05, 4.69) is 22.4 Å². The number of nitrogens with two attached hydrogens (primary N) is 1. The molecule has 0 amide bonds. The summed E-state index contributed by atoms with van der Waals surface area (Å²) in [5.74, 6) is -1.05. The number of carboxylic acid groups (broad SMARTS) is 1. The number of hydrogen-bond acceptors (Lipinski definition) is 5. The quantitative estimate of drug-likeness (QED) is 0.862. The van der Waals surface area contributed by atoms with E-state index in [1.165, 1.54) is 10.5 Å². The van der Waals surface area contributed by atoms with Gasteiger partial charge in [-0.1, -0.05) is 23.4 Å². The molecule has 3 N–H and O–H groups in total. The molecule has 110 valence electrons. The van der Waals surface area contributed by atoms with Crippen LogP contribution in [0.4, 0.5) is 0 Å². The second-order valence-corrected chi connectivity index (χ2v) is 6.30. The molecule has 0 saturated heterocycles. The normalized spacial score (nSPS) is 16.9. The van der Waals surface area contributed by atoms with Gasteiger partial charge in [0, 0.05) is 16.6 Å². The second-order valence-electron chi connectivity index (χ2n) is 4.96. The zero-order chi connectivity index (χ0) is 14.8. The zero-order valence-electron chi connectivity index (χ0n) is 11.4. The van der Waals surface area contributed by atoms with E-state index < -0.39 is 5.97 Å². The number of rotatable bonds is 5. The Morgan fingerprint density at radius 2 is 2.29 bits per heavy atom. The lowest BCUT2D eigenvalue weighted by atomic mass is 10.1. The smallest absolute Gasteiger partial charge is 0.358 e. The van der Waals surface area contributed by atoms with E-state index >= 15 is 0 Å². The van der Waals surface area contributed by atoms with Gasteiger partial charge in [-0.3, -0.25) is 0 Å². The van der Waals surface area contributed by atoms with E-state index in [0.29, 0.717) is 30.5 Å². The van der Waals surface area contributed by atoms with Gasteiger partial charge in [-0.2, -0.15) is 0 Å². The maximum atomic E-state index is 11.2. The van der Waals surface area contributed by atoms with Crippen LogP contribution in [-0.4, -0.2) is 37.9 Å². The molecule has 21 heavy (non-hydrogen) atoms. The van der Waals surface area contributed by atoms with Crippen LogP contribution in [0.2, 0.25) is 0 Å². The van der Waals surface area contributed by atoms with E-state index in [4.69, 9.17) is 10.8 Å². The summed E-state index contributed by atoms with van der Waals surface area (Å²) < 4.78 is 1.69. The average molecular weight is 304 g/mol. The highest BCUT2D eigenvalue weighted by atomic mass is 32.2. The van der Waals surface area contributed by atoms with Gasteiger partial charge >= 0.3 is 5.97 Å². The molecular weight excluding hydrogens is 288 g/mol. The Hall–Kier alpha value is -1.86. The van der Waals surface area contributed by atoms with Crippen molar-refractivity contribution in [3.05, 3.63) is 41.2 Å². The summed E-state index contributed by atoms with van der Waals surface area (Å²) in [6.45, 7) is 1.03. The van der Waals surface area contributed by atoms with Crippen molar-refractivity contribution >= 4 is 17.7 Å². The molecule has 7 heteroatoms. The van der Waals surface area contributed by atoms with E-state index in [0.717, 1.165) is 6.42 Å². The molecule has 0 aliphatic carbocycles. The number of carboxylic acids is 1. The molecule has 0 spiro atoms.